The Morgan fingerprint density at radius 2 is 1.64 bits per heavy atom. The van der Waals surface area contributed by atoms with Gasteiger partial charge in [-0.15, -0.1) is 5.10 Å². The lowest BCUT2D eigenvalue weighted by Crippen LogP contribution is -2.57. The molecule has 4 aliphatic rings. The summed E-state index contributed by atoms with van der Waals surface area (Å²) in [7, 11) is -3.59. The maximum Gasteiger partial charge on any atom is 0.254 e. The van der Waals surface area contributed by atoms with Crippen LogP contribution >= 0.6 is 0 Å². The molecule has 0 N–H and O–H groups in total. The Labute approximate surface area is 293 Å². The molecule has 8 rings (SSSR count). The lowest BCUT2D eigenvalue weighted by Gasteiger charge is -2.44. The highest BCUT2D eigenvalue weighted by Gasteiger charge is 2.60. The van der Waals surface area contributed by atoms with Crippen LogP contribution in [0.5, 0.6) is 11.5 Å². The van der Waals surface area contributed by atoms with Crippen molar-refractivity contribution in [3.05, 3.63) is 101 Å². The average Bonchev–Trinajstić information content (AvgIpc) is 3.78. The number of nitrogens with zero attached hydrogens (tertiary/aromatic N) is 6. The minimum absolute atomic E-state index is 0.00192. The van der Waals surface area contributed by atoms with Gasteiger partial charge in [0.15, 0.2) is 11.6 Å². The first-order chi connectivity index (χ1) is 23.6. The van der Waals surface area contributed by atoms with Crippen LogP contribution < -0.4 is 4.74 Å². The molecule has 10 nitrogen and oxygen atoms in total. The number of ether oxygens (including phenoxy) is 1. The molecule has 3 saturated heterocycles. The number of carbonyl (C=O) groups is 1. The van der Waals surface area contributed by atoms with E-state index in [0.29, 0.717) is 49.7 Å². The van der Waals surface area contributed by atoms with Crippen LogP contribution in [0.15, 0.2) is 77.8 Å². The fourth-order valence-electron chi connectivity index (χ4n) is 7.63. The Kier molecular flexibility index (Phi) is 8.63. The van der Waals surface area contributed by atoms with Crippen LogP contribution in [-0.2, 0) is 27.5 Å². The van der Waals surface area contributed by atoms with E-state index in [1.54, 1.807) is 27.4 Å². The minimum Gasteiger partial charge on any atom is -0.454 e. The van der Waals surface area contributed by atoms with Crippen molar-refractivity contribution in [3.8, 4) is 11.5 Å². The van der Waals surface area contributed by atoms with Crippen LogP contribution in [0.1, 0.15) is 74.6 Å². The molecule has 50 heavy (non-hydrogen) atoms. The van der Waals surface area contributed by atoms with Gasteiger partial charge in [0.05, 0.1) is 22.3 Å². The summed E-state index contributed by atoms with van der Waals surface area (Å²) in [4.78, 5) is 17.9. The average molecular weight is 701 g/mol. The van der Waals surface area contributed by atoms with Gasteiger partial charge in [-0.05, 0) is 87.1 Å². The van der Waals surface area contributed by atoms with Crippen LogP contribution in [0.2, 0.25) is 0 Å². The standard InChI is InChI=1S/C38H45FN6O4S/c1-25-7-14-33(15-8-25)50(47,48)44-24-38(18-31(44)19-38)45-23-30(40-41-45)22-43-26(2)20-42(21-27(43)3)36(46)28-9-16-35(34(39)17-28)49-32-12-10-29(11-13-32)37(4,5)6/h7-17,23,26-27,31H,18-22,24H2,1-6H3/t26-,27+,31?,38?. The lowest BCUT2D eigenvalue weighted by atomic mass is 9.78. The third-order valence-corrected chi connectivity index (χ3v) is 12.5. The monoisotopic (exact) mass is 700 g/mol. The summed E-state index contributed by atoms with van der Waals surface area (Å²) < 4.78 is 51.3. The smallest absolute Gasteiger partial charge is 0.254 e. The number of sulfonamides is 1. The number of amides is 1. The van der Waals surface area contributed by atoms with Crippen molar-refractivity contribution in [2.24, 2.45) is 0 Å². The van der Waals surface area contributed by atoms with E-state index >= 15 is 4.39 Å². The van der Waals surface area contributed by atoms with E-state index in [4.69, 9.17) is 4.74 Å². The molecule has 264 valence electrons. The Hall–Kier alpha value is -4.13. The molecule has 0 radical (unpaired) electrons. The number of aromatic nitrogens is 3. The first-order valence-electron chi connectivity index (χ1n) is 17.3. The SMILES string of the molecule is Cc1ccc(S(=O)(=O)N2CC3(n4cc(CN5[C@H](C)CN(C(=O)c6ccc(Oc7ccc(C(C)(C)C)cc7)c(F)c6)C[C@@H]5C)nn4)CC2C3)cc1. The molecule has 1 aromatic heterocycles. The normalized spacial score (nSPS) is 24.3. The molecule has 3 aromatic carbocycles. The zero-order valence-electron chi connectivity index (χ0n) is 29.5. The van der Waals surface area contributed by atoms with Crippen LogP contribution in [0.4, 0.5) is 4.39 Å². The lowest BCUT2D eigenvalue weighted by molar-refractivity contribution is 0.0263. The molecular weight excluding hydrogens is 656 g/mol. The third kappa shape index (κ3) is 6.33. The number of aryl methyl sites for hydroxylation is 1. The third-order valence-electron chi connectivity index (χ3n) is 10.6. The highest BCUT2D eigenvalue weighted by Crippen LogP contribution is 2.51. The topological polar surface area (TPSA) is 101 Å². The molecule has 1 aliphatic carbocycles. The molecule has 0 unspecified atom stereocenters. The van der Waals surface area contributed by atoms with E-state index in [0.717, 1.165) is 16.8 Å². The molecule has 2 bridgehead atoms. The minimum atomic E-state index is -3.59. The second kappa shape index (κ2) is 12.6. The highest BCUT2D eigenvalue weighted by molar-refractivity contribution is 7.89. The summed E-state index contributed by atoms with van der Waals surface area (Å²) in [6.07, 6.45) is 3.37. The fourth-order valence-corrected chi connectivity index (χ4v) is 9.33. The molecule has 0 spiro atoms. The summed E-state index contributed by atoms with van der Waals surface area (Å²) in [6, 6.07) is 19.0. The van der Waals surface area contributed by atoms with Crippen LogP contribution in [0.25, 0.3) is 0 Å². The van der Waals surface area contributed by atoms with E-state index in [1.165, 1.54) is 12.1 Å². The van der Waals surface area contributed by atoms with Gasteiger partial charge in [-0.2, -0.15) is 4.31 Å². The predicted molar refractivity (Wildman–Crippen MR) is 188 cm³/mol. The number of hydrogen-bond donors (Lipinski definition) is 0. The molecule has 12 heteroatoms. The zero-order chi connectivity index (χ0) is 35.6. The van der Waals surface area contributed by atoms with Crippen molar-refractivity contribution in [1.82, 2.24) is 29.1 Å². The highest BCUT2D eigenvalue weighted by atomic mass is 32.2. The fraction of sp³-hybridized carbons (Fsp3) is 0.447. The van der Waals surface area contributed by atoms with Gasteiger partial charge in [0, 0.05) is 49.9 Å². The molecule has 2 atom stereocenters. The van der Waals surface area contributed by atoms with Gasteiger partial charge in [0.2, 0.25) is 10.0 Å². The summed E-state index contributed by atoms with van der Waals surface area (Å²) in [5.74, 6) is -0.212. The van der Waals surface area contributed by atoms with E-state index in [2.05, 4.69) is 49.8 Å². The predicted octanol–water partition coefficient (Wildman–Crippen LogP) is 6.11. The van der Waals surface area contributed by atoms with Crippen LogP contribution in [0.3, 0.4) is 0 Å². The van der Waals surface area contributed by atoms with Crippen molar-refractivity contribution in [3.63, 3.8) is 0 Å². The Bertz CT molecular complexity index is 1990. The molecular formula is C38H45FN6O4S. The maximum absolute atomic E-state index is 15.2. The van der Waals surface area contributed by atoms with Crippen molar-refractivity contribution >= 4 is 15.9 Å². The number of carbonyl (C=O) groups excluding carboxylic acids is 1. The Morgan fingerprint density at radius 1 is 0.980 bits per heavy atom. The van der Waals surface area contributed by atoms with Crippen molar-refractivity contribution < 1.29 is 22.3 Å². The number of benzene rings is 3. The van der Waals surface area contributed by atoms with Gasteiger partial charge in [0.1, 0.15) is 5.75 Å². The van der Waals surface area contributed by atoms with Crippen molar-refractivity contribution in [1.29, 1.82) is 0 Å². The summed E-state index contributed by atoms with van der Waals surface area (Å²) in [5, 5.41) is 8.95. The second-order valence-corrected chi connectivity index (χ2v) is 17.3. The van der Waals surface area contributed by atoms with Gasteiger partial charge in [-0.25, -0.2) is 17.5 Å². The largest absolute Gasteiger partial charge is 0.454 e. The van der Waals surface area contributed by atoms with Gasteiger partial charge in [-0.1, -0.05) is 55.8 Å². The first-order valence-corrected chi connectivity index (χ1v) is 18.7. The molecule has 4 fully saturated rings. The first kappa shape index (κ1) is 34.3. The Balaban J connectivity index is 0.963. The number of halogens is 1. The van der Waals surface area contributed by atoms with Gasteiger partial charge >= 0.3 is 0 Å². The molecule has 1 saturated carbocycles. The number of rotatable bonds is 8. The van der Waals surface area contributed by atoms with E-state index < -0.39 is 15.8 Å². The molecule has 3 aliphatic heterocycles. The van der Waals surface area contributed by atoms with E-state index in [1.807, 2.05) is 54.2 Å². The molecule has 1 amide bonds. The van der Waals surface area contributed by atoms with Gasteiger partial charge in [-0.3, -0.25) is 9.69 Å². The number of piperazine rings is 1. The van der Waals surface area contributed by atoms with Crippen LogP contribution in [-0.4, -0.2) is 81.2 Å². The molecule has 4 aromatic rings. The molecule has 4 heterocycles. The van der Waals surface area contributed by atoms with Crippen LogP contribution in [0, 0.1) is 12.7 Å². The summed E-state index contributed by atoms with van der Waals surface area (Å²) >= 11 is 0. The van der Waals surface area contributed by atoms with E-state index in [-0.39, 0.29) is 46.3 Å². The quantitative estimate of drug-likeness (QED) is 0.219. The zero-order valence-corrected chi connectivity index (χ0v) is 30.3. The van der Waals surface area contributed by atoms with E-state index in [9.17, 15) is 13.2 Å². The van der Waals surface area contributed by atoms with Crippen molar-refractivity contribution in [2.45, 2.75) is 94.9 Å². The maximum atomic E-state index is 15.2. The summed E-state index contributed by atoms with van der Waals surface area (Å²) in [6.45, 7) is 14.4. The number of hydrogen-bond acceptors (Lipinski definition) is 7. The number of fused-ring (bicyclic) bond motifs is 1. The van der Waals surface area contributed by atoms with Gasteiger partial charge < -0.3 is 9.64 Å². The second-order valence-electron chi connectivity index (χ2n) is 15.4. The van der Waals surface area contributed by atoms with Crippen molar-refractivity contribution in [2.75, 3.05) is 19.6 Å². The van der Waals surface area contributed by atoms with Gasteiger partial charge in [0.25, 0.3) is 5.91 Å². The Morgan fingerprint density at radius 3 is 2.26 bits per heavy atom. The summed E-state index contributed by atoms with van der Waals surface area (Å²) in [5.41, 5.74) is 2.86.